The molecule has 0 amide bonds. The molecule has 1 radical (unpaired) electrons. The Hall–Kier alpha value is -2.21. The Kier molecular flexibility index (Phi) is 8.63. The summed E-state index contributed by atoms with van der Waals surface area (Å²) in [6, 6.07) is 6.78. The molecule has 0 aromatic heterocycles. The molecule has 32 heavy (non-hydrogen) atoms. The lowest BCUT2D eigenvalue weighted by Gasteiger charge is -2.19. The van der Waals surface area contributed by atoms with Crippen molar-refractivity contribution in [2.24, 2.45) is 5.92 Å². The Morgan fingerprint density at radius 1 is 0.906 bits per heavy atom. The molecular formula is C23H24F6O2P. The molecular weight excluding hydrogens is 453 g/mol. The molecule has 175 valence electrons. The summed E-state index contributed by atoms with van der Waals surface area (Å²) in [5.41, 5.74) is -5.21. The van der Waals surface area contributed by atoms with Crippen LogP contribution in [0.5, 0.6) is 0 Å². The molecule has 2 aromatic rings. The second-order valence-electron chi connectivity index (χ2n) is 7.55. The smallest absolute Gasteiger partial charge is 0.289 e. The number of hydrogen-bond donors (Lipinski definition) is 0. The second-order valence-corrected chi connectivity index (χ2v) is 9.15. The van der Waals surface area contributed by atoms with E-state index in [-0.39, 0.29) is 17.4 Å². The molecule has 0 heterocycles. The van der Waals surface area contributed by atoms with Crippen LogP contribution in [0.1, 0.15) is 66.6 Å². The summed E-state index contributed by atoms with van der Waals surface area (Å²) in [5.74, 6) is -1.36. The molecule has 2 unspecified atom stereocenters. The molecule has 0 saturated carbocycles. The molecule has 0 spiro atoms. The Labute approximate surface area is 183 Å². The van der Waals surface area contributed by atoms with Gasteiger partial charge >= 0.3 is 12.4 Å². The van der Waals surface area contributed by atoms with Gasteiger partial charge in [0.2, 0.25) is 0 Å². The number of unbranched alkanes of at least 4 members (excludes halogenated alkanes) is 1. The lowest BCUT2D eigenvalue weighted by molar-refractivity contribution is -0.143. The Morgan fingerprint density at radius 2 is 1.47 bits per heavy atom. The van der Waals surface area contributed by atoms with E-state index in [2.05, 4.69) is 0 Å². The van der Waals surface area contributed by atoms with Crippen LogP contribution in [-0.4, -0.2) is 11.9 Å². The molecule has 2 atom stereocenters. The van der Waals surface area contributed by atoms with Crippen LogP contribution >= 0.6 is 7.80 Å². The van der Waals surface area contributed by atoms with Crippen molar-refractivity contribution in [2.45, 2.75) is 51.9 Å². The van der Waals surface area contributed by atoms with Crippen LogP contribution in [0.25, 0.3) is 0 Å². The van der Waals surface area contributed by atoms with Gasteiger partial charge in [-0.2, -0.15) is 26.3 Å². The Balaban J connectivity index is 2.58. The first-order chi connectivity index (χ1) is 14.9. The monoisotopic (exact) mass is 477 g/mol. The van der Waals surface area contributed by atoms with Gasteiger partial charge in [0.05, 0.1) is 11.1 Å². The molecule has 9 heteroatoms. The summed E-state index contributed by atoms with van der Waals surface area (Å²) in [7, 11) is -2.19. The molecule has 2 nitrogen and oxygen atoms in total. The molecule has 0 aliphatic carbocycles. The number of hydrogen-bond acceptors (Lipinski definition) is 2. The fraction of sp³-hybridized carbons (Fsp3) is 0.435. The van der Waals surface area contributed by atoms with E-state index in [1.165, 1.54) is 18.2 Å². The van der Waals surface area contributed by atoms with Gasteiger partial charge in [0, 0.05) is 22.6 Å². The minimum atomic E-state index is -5.17. The SMILES string of the molecule is CCCCC(CC)C[P](=O)c1ccccc1C(=O)c1c(C(F)(F)F)cccc1C(F)(F)F. The number of carbonyl (C=O) groups excluding carboxylic acids is 1. The third-order valence-electron chi connectivity index (χ3n) is 5.29. The van der Waals surface area contributed by atoms with Crippen LogP contribution in [0.3, 0.4) is 0 Å². The van der Waals surface area contributed by atoms with Crippen molar-refractivity contribution in [1.29, 1.82) is 0 Å². The van der Waals surface area contributed by atoms with E-state index >= 15 is 0 Å². The van der Waals surface area contributed by atoms with Gasteiger partial charge in [-0.1, -0.05) is 51.3 Å². The van der Waals surface area contributed by atoms with Crippen molar-refractivity contribution < 1.29 is 35.7 Å². The lowest BCUT2D eigenvalue weighted by atomic mass is 9.92. The molecule has 0 N–H and O–H groups in total. The van der Waals surface area contributed by atoms with E-state index in [9.17, 15) is 35.7 Å². The quantitative estimate of drug-likeness (QED) is 0.211. The average molecular weight is 477 g/mol. The van der Waals surface area contributed by atoms with Gasteiger partial charge in [0.1, 0.15) is 7.80 Å². The van der Waals surface area contributed by atoms with Crippen LogP contribution in [0.15, 0.2) is 42.5 Å². The normalized spacial score (nSPS) is 13.7. The third-order valence-corrected chi connectivity index (χ3v) is 7.06. The summed E-state index contributed by atoms with van der Waals surface area (Å²) < 4.78 is 94.1. The molecule has 0 saturated heterocycles. The highest BCUT2D eigenvalue weighted by molar-refractivity contribution is 7.53. The van der Waals surface area contributed by atoms with E-state index in [1.807, 2.05) is 13.8 Å². The van der Waals surface area contributed by atoms with E-state index in [0.717, 1.165) is 31.7 Å². The molecule has 0 bridgehead atoms. The maximum absolute atomic E-state index is 13.5. The van der Waals surface area contributed by atoms with Crippen molar-refractivity contribution >= 4 is 18.9 Å². The van der Waals surface area contributed by atoms with Crippen LogP contribution < -0.4 is 5.30 Å². The van der Waals surface area contributed by atoms with Crippen LogP contribution in [0.4, 0.5) is 26.3 Å². The highest BCUT2D eigenvalue weighted by atomic mass is 31.1. The third kappa shape index (κ3) is 6.18. The highest BCUT2D eigenvalue weighted by Gasteiger charge is 2.43. The van der Waals surface area contributed by atoms with Crippen molar-refractivity contribution in [3.8, 4) is 0 Å². The molecule has 0 aliphatic rings. The number of benzene rings is 2. The summed E-state index contributed by atoms with van der Waals surface area (Å²) in [6.07, 6.45) is -6.74. The predicted octanol–water partition coefficient (Wildman–Crippen LogP) is 7.62. The fourth-order valence-electron chi connectivity index (χ4n) is 3.54. The minimum absolute atomic E-state index is 0.0208. The first kappa shape index (κ1) is 26.0. The number of alkyl halides is 6. The molecule has 2 aromatic carbocycles. The Morgan fingerprint density at radius 3 is 1.97 bits per heavy atom. The van der Waals surface area contributed by atoms with E-state index in [4.69, 9.17) is 0 Å². The summed E-state index contributed by atoms with van der Waals surface area (Å²) in [5, 5.41) is -0.0208. The van der Waals surface area contributed by atoms with E-state index in [1.54, 1.807) is 0 Å². The highest BCUT2D eigenvalue weighted by Crippen LogP contribution is 2.40. The summed E-state index contributed by atoms with van der Waals surface area (Å²) in [6.45, 7) is 3.94. The van der Waals surface area contributed by atoms with Crippen LogP contribution in [0, 0.1) is 5.92 Å². The van der Waals surface area contributed by atoms with Crippen molar-refractivity contribution in [3.63, 3.8) is 0 Å². The number of ketones is 1. The van der Waals surface area contributed by atoms with Crippen LogP contribution in [-0.2, 0) is 16.9 Å². The summed E-state index contributed by atoms with van der Waals surface area (Å²) in [4.78, 5) is 13.1. The molecule has 0 fully saturated rings. The van der Waals surface area contributed by atoms with Gasteiger partial charge in [-0.15, -0.1) is 0 Å². The topological polar surface area (TPSA) is 34.1 Å². The maximum atomic E-state index is 13.5. The minimum Gasteiger partial charge on any atom is -0.289 e. The van der Waals surface area contributed by atoms with Gasteiger partial charge in [-0.3, -0.25) is 9.36 Å². The summed E-state index contributed by atoms with van der Waals surface area (Å²) >= 11 is 0. The average Bonchev–Trinajstić information content (AvgIpc) is 2.74. The van der Waals surface area contributed by atoms with Gasteiger partial charge in [-0.05, 0) is 36.6 Å². The van der Waals surface area contributed by atoms with Gasteiger partial charge < -0.3 is 0 Å². The zero-order chi connectivity index (χ0) is 24.1. The van der Waals surface area contributed by atoms with Gasteiger partial charge in [0.25, 0.3) is 0 Å². The van der Waals surface area contributed by atoms with E-state index < -0.39 is 48.2 Å². The van der Waals surface area contributed by atoms with E-state index in [0.29, 0.717) is 18.2 Å². The Bertz CT molecular complexity index is 933. The number of rotatable bonds is 9. The van der Waals surface area contributed by atoms with Crippen LogP contribution in [0.2, 0.25) is 0 Å². The zero-order valence-electron chi connectivity index (χ0n) is 17.7. The van der Waals surface area contributed by atoms with Crippen molar-refractivity contribution in [2.75, 3.05) is 6.16 Å². The van der Waals surface area contributed by atoms with Crippen molar-refractivity contribution in [1.82, 2.24) is 0 Å². The maximum Gasteiger partial charge on any atom is 0.417 e. The largest absolute Gasteiger partial charge is 0.417 e. The number of halogens is 6. The first-order valence-electron chi connectivity index (χ1n) is 10.3. The standard InChI is InChI=1S/C23H24F6O2P/c1-3-5-9-15(4-2)14-32(31)19-13-7-6-10-16(19)21(30)20-17(22(24,25)26)11-8-12-18(20)23(27,28)29/h6-8,10-13,15H,3-5,9,14H2,1-2H3. The zero-order valence-corrected chi connectivity index (χ0v) is 18.6. The number of carbonyl (C=O) groups is 1. The lowest BCUT2D eigenvalue weighted by Crippen LogP contribution is -2.23. The predicted molar refractivity (Wildman–Crippen MR) is 112 cm³/mol. The van der Waals surface area contributed by atoms with Crippen molar-refractivity contribution in [3.05, 3.63) is 64.7 Å². The second kappa shape index (κ2) is 10.6. The van der Waals surface area contributed by atoms with Gasteiger partial charge in [-0.25, -0.2) is 0 Å². The molecule has 2 rings (SSSR count). The van der Waals surface area contributed by atoms with Gasteiger partial charge in [0.15, 0.2) is 5.78 Å². The fourth-order valence-corrected chi connectivity index (χ4v) is 5.34. The molecule has 0 aliphatic heterocycles. The first-order valence-corrected chi connectivity index (χ1v) is 11.7.